The summed E-state index contributed by atoms with van der Waals surface area (Å²) in [6.07, 6.45) is 1.39. The zero-order valence-corrected chi connectivity index (χ0v) is 17.8. The second-order valence-corrected chi connectivity index (χ2v) is 7.60. The van der Waals surface area contributed by atoms with Crippen molar-refractivity contribution in [2.24, 2.45) is 4.99 Å². The van der Waals surface area contributed by atoms with Crippen LogP contribution in [0.3, 0.4) is 0 Å². The van der Waals surface area contributed by atoms with E-state index in [4.69, 9.17) is 9.73 Å². The Balaban J connectivity index is 1.51. The van der Waals surface area contributed by atoms with Crippen molar-refractivity contribution in [2.45, 2.75) is 32.6 Å². The molecule has 2 N–H and O–H groups in total. The van der Waals surface area contributed by atoms with Crippen LogP contribution in [0.5, 0.6) is 0 Å². The third-order valence-corrected chi connectivity index (χ3v) is 5.16. The average molecular weight is 423 g/mol. The Morgan fingerprint density at radius 3 is 2.84 bits per heavy atom. The summed E-state index contributed by atoms with van der Waals surface area (Å²) in [5.74, 6) is 1.34. The molecule has 31 heavy (non-hydrogen) atoms. The van der Waals surface area contributed by atoms with Crippen molar-refractivity contribution in [1.29, 1.82) is 0 Å². The highest BCUT2D eigenvalue weighted by molar-refractivity contribution is 5.80. The SMILES string of the molecule is CCNC(=NCc1cccc(-c2ncn[nH]2)c1)N1CC(C)OC(c2ccc(F)cc2)C1. The number of hydrogen-bond acceptors (Lipinski definition) is 4. The molecule has 0 amide bonds. The molecular formula is C23H27FN6O. The van der Waals surface area contributed by atoms with Gasteiger partial charge in [-0.15, -0.1) is 0 Å². The Morgan fingerprint density at radius 1 is 1.26 bits per heavy atom. The van der Waals surface area contributed by atoms with E-state index in [1.54, 1.807) is 12.1 Å². The molecule has 0 spiro atoms. The number of nitrogens with one attached hydrogen (secondary N) is 2. The van der Waals surface area contributed by atoms with Gasteiger partial charge < -0.3 is 15.0 Å². The predicted molar refractivity (Wildman–Crippen MR) is 118 cm³/mol. The molecule has 7 nitrogen and oxygen atoms in total. The summed E-state index contributed by atoms with van der Waals surface area (Å²) in [6, 6.07) is 14.6. The first-order valence-corrected chi connectivity index (χ1v) is 10.5. The minimum Gasteiger partial charge on any atom is -0.367 e. The number of H-pyrrole nitrogens is 1. The summed E-state index contributed by atoms with van der Waals surface area (Å²) in [7, 11) is 0. The van der Waals surface area contributed by atoms with Gasteiger partial charge in [0.2, 0.25) is 0 Å². The first kappa shape index (κ1) is 21.0. The number of guanidine groups is 1. The van der Waals surface area contributed by atoms with Crippen LogP contribution in [0.2, 0.25) is 0 Å². The van der Waals surface area contributed by atoms with E-state index in [2.05, 4.69) is 44.5 Å². The smallest absolute Gasteiger partial charge is 0.194 e. The molecule has 0 bridgehead atoms. The lowest BCUT2D eigenvalue weighted by Crippen LogP contribution is -2.50. The summed E-state index contributed by atoms with van der Waals surface area (Å²) >= 11 is 0. The van der Waals surface area contributed by atoms with Crippen molar-refractivity contribution < 1.29 is 9.13 Å². The molecule has 8 heteroatoms. The minimum atomic E-state index is -0.244. The number of aromatic amines is 1. The molecule has 1 saturated heterocycles. The summed E-state index contributed by atoms with van der Waals surface area (Å²) in [5.41, 5.74) is 3.03. The molecule has 4 rings (SSSR count). The first-order chi connectivity index (χ1) is 15.1. The normalized spacial score (nSPS) is 19.5. The summed E-state index contributed by atoms with van der Waals surface area (Å²) < 4.78 is 19.5. The second kappa shape index (κ2) is 9.70. The molecule has 0 saturated carbocycles. The fourth-order valence-electron chi connectivity index (χ4n) is 3.74. The van der Waals surface area contributed by atoms with Crippen molar-refractivity contribution in [3.05, 3.63) is 71.8 Å². The van der Waals surface area contributed by atoms with Crippen LogP contribution >= 0.6 is 0 Å². The molecule has 3 aromatic rings. The Hall–Kier alpha value is -3.26. The van der Waals surface area contributed by atoms with Gasteiger partial charge in [0.15, 0.2) is 11.8 Å². The Morgan fingerprint density at radius 2 is 2.10 bits per heavy atom. The van der Waals surface area contributed by atoms with Gasteiger partial charge in [-0.2, -0.15) is 5.10 Å². The van der Waals surface area contributed by atoms with Gasteiger partial charge in [0.1, 0.15) is 18.2 Å². The lowest BCUT2D eigenvalue weighted by atomic mass is 10.1. The number of morpholine rings is 1. The number of aromatic nitrogens is 3. The van der Waals surface area contributed by atoms with E-state index in [0.717, 1.165) is 41.6 Å². The Kier molecular flexibility index (Phi) is 6.57. The summed E-state index contributed by atoms with van der Waals surface area (Å²) in [6.45, 7) is 6.80. The van der Waals surface area contributed by atoms with Crippen LogP contribution in [0.1, 0.15) is 31.1 Å². The van der Waals surface area contributed by atoms with E-state index in [0.29, 0.717) is 13.1 Å². The summed E-state index contributed by atoms with van der Waals surface area (Å²) in [5, 5.41) is 10.2. The number of rotatable bonds is 5. The molecule has 1 fully saturated rings. The van der Waals surface area contributed by atoms with Gasteiger partial charge in [0.05, 0.1) is 19.2 Å². The van der Waals surface area contributed by atoms with E-state index in [1.165, 1.54) is 18.5 Å². The molecule has 0 radical (unpaired) electrons. The van der Waals surface area contributed by atoms with E-state index >= 15 is 0 Å². The van der Waals surface area contributed by atoms with Crippen molar-refractivity contribution in [3.63, 3.8) is 0 Å². The maximum absolute atomic E-state index is 13.3. The van der Waals surface area contributed by atoms with Crippen LogP contribution < -0.4 is 5.32 Å². The number of hydrogen-bond donors (Lipinski definition) is 2. The van der Waals surface area contributed by atoms with Crippen LogP contribution in [-0.4, -0.2) is 51.8 Å². The lowest BCUT2D eigenvalue weighted by Gasteiger charge is -2.38. The van der Waals surface area contributed by atoms with Gasteiger partial charge in [-0.1, -0.05) is 30.3 Å². The Bertz CT molecular complexity index is 1010. The topological polar surface area (TPSA) is 78.4 Å². The number of nitrogens with zero attached hydrogens (tertiary/aromatic N) is 4. The monoisotopic (exact) mass is 422 g/mol. The second-order valence-electron chi connectivity index (χ2n) is 7.60. The van der Waals surface area contributed by atoms with Crippen LogP contribution in [0.4, 0.5) is 4.39 Å². The van der Waals surface area contributed by atoms with Gasteiger partial charge in [-0.3, -0.25) is 5.10 Å². The maximum atomic E-state index is 13.3. The molecular weight excluding hydrogens is 395 g/mol. The molecule has 1 aliphatic heterocycles. The van der Waals surface area contributed by atoms with Gasteiger partial charge in [0.25, 0.3) is 0 Å². The average Bonchev–Trinajstić information content (AvgIpc) is 3.32. The molecule has 1 aromatic heterocycles. The Labute approximate surface area is 181 Å². The van der Waals surface area contributed by atoms with Gasteiger partial charge in [-0.25, -0.2) is 14.4 Å². The van der Waals surface area contributed by atoms with Crippen molar-refractivity contribution in [3.8, 4) is 11.4 Å². The van der Waals surface area contributed by atoms with Crippen LogP contribution in [0, 0.1) is 5.82 Å². The number of halogens is 1. The van der Waals surface area contributed by atoms with Crippen LogP contribution in [0.25, 0.3) is 11.4 Å². The molecule has 2 atom stereocenters. The van der Waals surface area contributed by atoms with Gasteiger partial charge >= 0.3 is 0 Å². The first-order valence-electron chi connectivity index (χ1n) is 10.5. The largest absolute Gasteiger partial charge is 0.367 e. The third-order valence-electron chi connectivity index (χ3n) is 5.16. The zero-order valence-electron chi connectivity index (χ0n) is 17.8. The van der Waals surface area contributed by atoms with E-state index < -0.39 is 0 Å². The minimum absolute atomic E-state index is 0.0300. The zero-order chi connectivity index (χ0) is 21.6. The van der Waals surface area contributed by atoms with Gasteiger partial charge in [0, 0.05) is 18.7 Å². The van der Waals surface area contributed by atoms with E-state index in [9.17, 15) is 4.39 Å². The quantitative estimate of drug-likeness (QED) is 0.486. The van der Waals surface area contributed by atoms with Crippen molar-refractivity contribution >= 4 is 5.96 Å². The fourth-order valence-corrected chi connectivity index (χ4v) is 3.74. The third kappa shape index (κ3) is 5.27. The van der Waals surface area contributed by atoms with E-state index in [-0.39, 0.29) is 18.0 Å². The molecule has 162 valence electrons. The highest BCUT2D eigenvalue weighted by atomic mass is 19.1. The van der Waals surface area contributed by atoms with Crippen molar-refractivity contribution in [2.75, 3.05) is 19.6 Å². The standard InChI is InChI=1S/C23H27FN6O/c1-3-25-23(26-12-17-5-4-6-19(11-17)22-27-15-28-29-22)30-13-16(2)31-21(14-30)18-7-9-20(24)10-8-18/h4-11,15-16,21H,3,12-14H2,1-2H3,(H,25,26)(H,27,28,29). The number of aliphatic imine (C=N–C) groups is 1. The van der Waals surface area contributed by atoms with Crippen LogP contribution in [-0.2, 0) is 11.3 Å². The molecule has 2 heterocycles. The fraction of sp³-hybridized carbons (Fsp3) is 0.348. The molecule has 1 aliphatic rings. The highest BCUT2D eigenvalue weighted by Gasteiger charge is 2.28. The highest BCUT2D eigenvalue weighted by Crippen LogP contribution is 2.25. The molecule has 0 aliphatic carbocycles. The molecule has 2 aromatic carbocycles. The van der Waals surface area contributed by atoms with Crippen molar-refractivity contribution in [1.82, 2.24) is 25.4 Å². The number of ether oxygens (including phenoxy) is 1. The summed E-state index contributed by atoms with van der Waals surface area (Å²) in [4.78, 5) is 11.3. The molecule has 2 unspecified atom stereocenters. The van der Waals surface area contributed by atoms with Crippen LogP contribution in [0.15, 0.2) is 59.9 Å². The lowest BCUT2D eigenvalue weighted by molar-refractivity contribution is -0.0605. The van der Waals surface area contributed by atoms with Gasteiger partial charge in [-0.05, 0) is 43.2 Å². The maximum Gasteiger partial charge on any atom is 0.194 e. The predicted octanol–water partition coefficient (Wildman–Crippen LogP) is 3.54. The van der Waals surface area contributed by atoms with E-state index in [1.807, 2.05) is 19.1 Å². The number of benzene rings is 2.